The van der Waals surface area contributed by atoms with Gasteiger partial charge in [-0.05, 0) is 12.8 Å². The molecule has 96 valence electrons. The van der Waals surface area contributed by atoms with Crippen LogP contribution in [0.15, 0.2) is 10.9 Å². The molecule has 2 aromatic rings. The highest BCUT2D eigenvalue weighted by Gasteiger charge is 2.06. The summed E-state index contributed by atoms with van der Waals surface area (Å²) in [7, 11) is 0. The lowest BCUT2D eigenvalue weighted by atomic mass is 10.2. The summed E-state index contributed by atoms with van der Waals surface area (Å²) >= 11 is 0. The average Bonchev–Trinajstić information content (AvgIpc) is 2.91. The van der Waals surface area contributed by atoms with Crippen LogP contribution in [0.2, 0.25) is 0 Å². The van der Waals surface area contributed by atoms with Crippen molar-refractivity contribution in [3.63, 3.8) is 0 Å². The summed E-state index contributed by atoms with van der Waals surface area (Å²) in [4.78, 5) is 8.36. The molecule has 0 aliphatic carbocycles. The van der Waals surface area contributed by atoms with Gasteiger partial charge in [-0.15, -0.1) is 5.10 Å². The summed E-state index contributed by atoms with van der Waals surface area (Å²) in [6.07, 6.45) is 3.74. The third kappa shape index (κ3) is 2.99. The monoisotopic (exact) mass is 248 g/mol. The third-order valence-electron chi connectivity index (χ3n) is 2.54. The van der Waals surface area contributed by atoms with Gasteiger partial charge in [0.2, 0.25) is 11.8 Å². The molecule has 0 aliphatic rings. The molecule has 2 aromatic heterocycles. The Bertz CT molecular complexity index is 484. The first-order valence-electron chi connectivity index (χ1n) is 6.05. The van der Waals surface area contributed by atoms with Crippen molar-refractivity contribution in [3.8, 4) is 0 Å². The summed E-state index contributed by atoms with van der Waals surface area (Å²) in [5.41, 5.74) is 1.95. The van der Waals surface area contributed by atoms with Crippen LogP contribution in [0, 0.1) is 0 Å². The van der Waals surface area contributed by atoms with Gasteiger partial charge in [-0.1, -0.05) is 19.0 Å². The lowest BCUT2D eigenvalue weighted by molar-refractivity contribution is 0.379. The van der Waals surface area contributed by atoms with Gasteiger partial charge in [0, 0.05) is 13.0 Å². The third-order valence-corrected chi connectivity index (χ3v) is 2.54. The zero-order valence-corrected chi connectivity index (χ0v) is 10.6. The zero-order valence-electron chi connectivity index (χ0n) is 10.6. The minimum Gasteiger partial charge on any atom is -0.352 e. The van der Waals surface area contributed by atoms with Crippen molar-refractivity contribution < 1.29 is 4.52 Å². The van der Waals surface area contributed by atoms with Gasteiger partial charge in [0.15, 0.2) is 6.33 Å². The van der Waals surface area contributed by atoms with E-state index in [2.05, 4.69) is 37.6 Å². The molecule has 1 N–H and O–H groups in total. The van der Waals surface area contributed by atoms with E-state index >= 15 is 0 Å². The lowest BCUT2D eigenvalue weighted by Gasteiger charge is -2.06. The summed E-state index contributed by atoms with van der Waals surface area (Å²) in [5, 5.41) is 14.8. The molecule has 0 unspecified atom stereocenters. The van der Waals surface area contributed by atoms with E-state index in [1.165, 1.54) is 6.33 Å². The molecule has 0 fully saturated rings. The molecule has 0 radical (unpaired) electrons. The van der Waals surface area contributed by atoms with Crippen LogP contribution < -0.4 is 5.32 Å². The molecule has 0 atom stereocenters. The minimum absolute atomic E-state index is 0.545. The molecule has 18 heavy (non-hydrogen) atoms. The summed E-state index contributed by atoms with van der Waals surface area (Å²) in [6, 6.07) is 0. The quantitative estimate of drug-likeness (QED) is 0.816. The van der Waals surface area contributed by atoms with Crippen LogP contribution in [0.5, 0.6) is 0 Å². The topological polar surface area (TPSA) is 89.6 Å². The van der Waals surface area contributed by atoms with Crippen LogP contribution in [-0.4, -0.2) is 31.9 Å². The van der Waals surface area contributed by atoms with Crippen LogP contribution in [0.25, 0.3) is 0 Å². The van der Waals surface area contributed by atoms with E-state index in [1.54, 1.807) is 0 Å². The number of rotatable bonds is 6. The fraction of sp³-hybridized carbons (Fsp3) is 0.545. The Hall–Kier alpha value is -2.05. The standard InChI is InChI=1S/C11H16N6O/c1-3-8-9(4-2)16-17-11(15-8)12-6-5-10-13-7-14-18-10/h7H,3-6H2,1-2H3,(H,12,15,17). The maximum absolute atomic E-state index is 4.90. The van der Waals surface area contributed by atoms with Crippen LogP contribution in [-0.2, 0) is 19.3 Å². The first kappa shape index (κ1) is 12.4. The highest BCUT2D eigenvalue weighted by molar-refractivity contribution is 5.25. The smallest absolute Gasteiger partial charge is 0.242 e. The molecule has 0 aromatic carbocycles. The van der Waals surface area contributed by atoms with Gasteiger partial charge in [-0.2, -0.15) is 10.1 Å². The van der Waals surface area contributed by atoms with Crippen molar-refractivity contribution in [2.75, 3.05) is 11.9 Å². The molecular weight excluding hydrogens is 232 g/mol. The van der Waals surface area contributed by atoms with Gasteiger partial charge in [-0.3, -0.25) is 0 Å². The van der Waals surface area contributed by atoms with Crippen LogP contribution in [0.3, 0.4) is 0 Å². The molecule has 0 saturated heterocycles. The van der Waals surface area contributed by atoms with E-state index in [0.717, 1.165) is 24.2 Å². The van der Waals surface area contributed by atoms with Crippen LogP contribution >= 0.6 is 0 Å². The number of hydrogen-bond donors (Lipinski definition) is 1. The van der Waals surface area contributed by atoms with Gasteiger partial charge in [-0.25, -0.2) is 4.98 Å². The van der Waals surface area contributed by atoms with E-state index in [-0.39, 0.29) is 0 Å². The molecule has 0 bridgehead atoms. The fourth-order valence-electron chi connectivity index (χ4n) is 1.60. The molecule has 2 rings (SSSR count). The van der Waals surface area contributed by atoms with Crippen molar-refractivity contribution >= 4 is 5.95 Å². The van der Waals surface area contributed by atoms with Crippen molar-refractivity contribution in [2.45, 2.75) is 33.1 Å². The molecule has 7 heteroatoms. The second-order valence-electron chi connectivity index (χ2n) is 3.75. The molecule has 7 nitrogen and oxygen atoms in total. The summed E-state index contributed by atoms with van der Waals surface area (Å²) in [5.74, 6) is 1.14. The average molecular weight is 248 g/mol. The molecule has 0 spiro atoms. The lowest BCUT2D eigenvalue weighted by Crippen LogP contribution is -2.12. The van der Waals surface area contributed by atoms with Crippen molar-refractivity contribution in [1.82, 2.24) is 25.3 Å². The van der Waals surface area contributed by atoms with E-state index in [4.69, 9.17) is 4.52 Å². The number of aryl methyl sites for hydroxylation is 2. The Morgan fingerprint density at radius 1 is 1.17 bits per heavy atom. The molecule has 0 aliphatic heterocycles. The molecular formula is C11H16N6O. The number of hydrogen-bond acceptors (Lipinski definition) is 7. The van der Waals surface area contributed by atoms with Crippen LogP contribution in [0.4, 0.5) is 5.95 Å². The van der Waals surface area contributed by atoms with Crippen molar-refractivity contribution in [2.24, 2.45) is 0 Å². The summed E-state index contributed by atoms with van der Waals surface area (Å²) < 4.78 is 4.90. The number of anilines is 1. The summed E-state index contributed by atoms with van der Waals surface area (Å²) in [6.45, 7) is 4.75. The van der Waals surface area contributed by atoms with Gasteiger partial charge in [0.05, 0.1) is 11.4 Å². The molecule has 2 heterocycles. The normalized spacial score (nSPS) is 10.6. The zero-order chi connectivity index (χ0) is 12.8. The van der Waals surface area contributed by atoms with Gasteiger partial charge in [0.1, 0.15) is 0 Å². The Labute approximate surface area is 105 Å². The molecule has 0 amide bonds. The molecule has 0 saturated carbocycles. The van der Waals surface area contributed by atoms with Gasteiger partial charge < -0.3 is 9.84 Å². The van der Waals surface area contributed by atoms with Crippen molar-refractivity contribution in [1.29, 1.82) is 0 Å². The fourth-order valence-corrected chi connectivity index (χ4v) is 1.60. The van der Waals surface area contributed by atoms with Crippen molar-refractivity contribution in [3.05, 3.63) is 23.6 Å². The Kier molecular flexibility index (Phi) is 4.16. The van der Waals surface area contributed by atoms with Gasteiger partial charge >= 0.3 is 0 Å². The van der Waals surface area contributed by atoms with E-state index < -0.39 is 0 Å². The predicted molar refractivity (Wildman–Crippen MR) is 65.1 cm³/mol. The highest BCUT2D eigenvalue weighted by Crippen LogP contribution is 2.06. The SMILES string of the molecule is CCc1nnc(NCCc2ncno2)nc1CC. The largest absolute Gasteiger partial charge is 0.352 e. The predicted octanol–water partition coefficient (Wildman–Crippen LogP) is 1.03. The first-order valence-corrected chi connectivity index (χ1v) is 6.05. The van der Waals surface area contributed by atoms with Crippen LogP contribution in [0.1, 0.15) is 31.1 Å². The minimum atomic E-state index is 0.545. The Balaban J connectivity index is 1.93. The maximum atomic E-state index is 4.90. The first-order chi connectivity index (χ1) is 8.83. The van der Waals surface area contributed by atoms with E-state index in [9.17, 15) is 0 Å². The second kappa shape index (κ2) is 6.04. The van der Waals surface area contributed by atoms with Gasteiger partial charge in [0.25, 0.3) is 0 Å². The number of nitrogens with zero attached hydrogens (tertiary/aromatic N) is 5. The Morgan fingerprint density at radius 2 is 2.00 bits per heavy atom. The Morgan fingerprint density at radius 3 is 2.67 bits per heavy atom. The second-order valence-corrected chi connectivity index (χ2v) is 3.75. The van der Waals surface area contributed by atoms with E-state index in [0.29, 0.717) is 24.8 Å². The number of nitrogens with one attached hydrogen (secondary N) is 1. The number of aromatic nitrogens is 5. The van der Waals surface area contributed by atoms with E-state index in [1.807, 2.05) is 6.92 Å². The maximum Gasteiger partial charge on any atom is 0.242 e. The highest BCUT2D eigenvalue weighted by atomic mass is 16.5.